The van der Waals surface area contributed by atoms with E-state index in [9.17, 15) is 5.41 Å². The van der Waals surface area contributed by atoms with Gasteiger partial charge in [-0.25, -0.2) is 4.99 Å². The van der Waals surface area contributed by atoms with Gasteiger partial charge in [0, 0.05) is 83.1 Å². The molecule has 7 aromatic carbocycles. The molecule has 58 heavy (non-hydrogen) atoms. The van der Waals surface area contributed by atoms with Gasteiger partial charge in [-0.1, -0.05) is 110 Å². The number of para-hydroxylation sites is 1. The maximum absolute atomic E-state index is 9.63. The molecule has 276 valence electrons. The predicted molar refractivity (Wildman–Crippen MR) is 245 cm³/mol. The predicted octanol–water partition coefficient (Wildman–Crippen LogP) is 13.4. The SMILES string of the molecule is CNC(=NC(=N)c1cc2cc(-n3c4c(c5ccc6ccccc6c53)C=C3C=CC=CC3C4C)ccc2c2c1oc1ccccc12)c1ccc2sc3ccccc3c2c1. The van der Waals surface area contributed by atoms with E-state index >= 15 is 0 Å². The summed E-state index contributed by atoms with van der Waals surface area (Å²) >= 11 is 1.79. The van der Waals surface area contributed by atoms with Crippen molar-refractivity contribution in [2.75, 3.05) is 7.05 Å². The van der Waals surface area contributed by atoms with E-state index in [1.807, 2.05) is 19.2 Å². The number of fused-ring (bicyclic) bond motifs is 14. The summed E-state index contributed by atoms with van der Waals surface area (Å²) in [6, 6.07) is 45.3. The Hall–Kier alpha value is -7.02. The molecule has 0 amide bonds. The minimum atomic E-state index is 0.134. The topological polar surface area (TPSA) is 66.3 Å². The molecule has 3 aromatic heterocycles. The molecule has 0 aliphatic heterocycles. The van der Waals surface area contributed by atoms with E-state index in [2.05, 4.69) is 162 Å². The zero-order valence-corrected chi connectivity index (χ0v) is 32.7. The number of amidine groups is 2. The highest BCUT2D eigenvalue weighted by Gasteiger charge is 2.33. The third-order valence-corrected chi connectivity index (χ3v) is 13.5. The maximum Gasteiger partial charge on any atom is 0.158 e. The first-order valence-corrected chi connectivity index (χ1v) is 20.6. The Balaban J connectivity index is 1.09. The summed E-state index contributed by atoms with van der Waals surface area (Å²) in [6.45, 7) is 2.37. The minimum absolute atomic E-state index is 0.134. The minimum Gasteiger partial charge on any atom is -0.455 e. The molecule has 0 saturated carbocycles. The number of allylic oxidation sites excluding steroid dienone is 5. The summed E-state index contributed by atoms with van der Waals surface area (Å²) < 4.78 is 11.6. The van der Waals surface area contributed by atoms with Crippen molar-refractivity contribution in [1.29, 1.82) is 5.41 Å². The molecular formula is C52H36N4OS. The van der Waals surface area contributed by atoms with Crippen molar-refractivity contribution in [3.05, 3.63) is 180 Å². The van der Waals surface area contributed by atoms with Crippen molar-refractivity contribution in [2.24, 2.45) is 10.9 Å². The zero-order valence-electron chi connectivity index (χ0n) is 31.9. The molecule has 0 bridgehead atoms. The Morgan fingerprint density at radius 2 is 1.53 bits per heavy atom. The van der Waals surface area contributed by atoms with Gasteiger partial charge in [-0.3, -0.25) is 5.41 Å². The van der Waals surface area contributed by atoms with Crippen LogP contribution in [-0.2, 0) is 0 Å². The highest BCUT2D eigenvalue weighted by Crippen LogP contribution is 2.48. The molecule has 2 unspecified atom stereocenters. The second kappa shape index (κ2) is 12.5. The van der Waals surface area contributed by atoms with Crippen molar-refractivity contribution in [3.8, 4) is 5.69 Å². The zero-order chi connectivity index (χ0) is 38.6. The maximum atomic E-state index is 9.63. The summed E-state index contributed by atoms with van der Waals surface area (Å²) in [5.41, 5.74) is 9.32. The Morgan fingerprint density at radius 1 is 0.741 bits per heavy atom. The Kier molecular flexibility index (Phi) is 7.14. The Bertz CT molecular complexity index is 3550. The van der Waals surface area contributed by atoms with Crippen molar-refractivity contribution in [2.45, 2.75) is 12.8 Å². The first kappa shape index (κ1) is 33.2. The quantitative estimate of drug-likeness (QED) is 0.139. The molecule has 0 spiro atoms. The van der Waals surface area contributed by atoms with Crippen molar-refractivity contribution in [3.63, 3.8) is 0 Å². The van der Waals surface area contributed by atoms with Crippen LogP contribution < -0.4 is 5.32 Å². The van der Waals surface area contributed by atoms with Gasteiger partial charge in [-0.2, -0.15) is 0 Å². The van der Waals surface area contributed by atoms with Gasteiger partial charge in [0.2, 0.25) is 0 Å². The summed E-state index contributed by atoms with van der Waals surface area (Å²) in [7, 11) is 1.87. The number of aliphatic imine (C=N–C) groups is 1. The van der Waals surface area contributed by atoms with E-state index in [1.165, 1.54) is 58.7 Å². The fraction of sp³-hybridized carbons (Fsp3) is 0.0769. The number of benzene rings is 7. The molecule has 12 rings (SSSR count). The van der Waals surface area contributed by atoms with Crippen LogP contribution in [0.25, 0.3) is 86.3 Å². The van der Waals surface area contributed by atoms with E-state index in [0.29, 0.717) is 22.9 Å². The van der Waals surface area contributed by atoms with Gasteiger partial charge in [0.1, 0.15) is 17.0 Å². The summed E-state index contributed by atoms with van der Waals surface area (Å²) in [6.07, 6.45) is 11.4. The second-order valence-corrected chi connectivity index (χ2v) is 16.6. The lowest BCUT2D eigenvalue weighted by Crippen LogP contribution is -2.21. The van der Waals surface area contributed by atoms with E-state index in [4.69, 9.17) is 9.41 Å². The number of hydrogen-bond acceptors (Lipinski definition) is 3. The number of rotatable bonds is 3. The van der Waals surface area contributed by atoms with Gasteiger partial charge < -0.3 is 14.3 Å². The monoisotopic (exact) mass is 764 g/mol. The van der Waals surface area contributed by atoms with Crippen molar-refractivity contribution in [1.82, 2.24) is 9.88 Å². The first-order chi connectivity index (χ1) is 28.5. The van der Waals surface area contributed by atoms with E-state index in [1.54, 1.807) is 11.3 Å². The van der Waals surface area contributed by atoms with Gasteiger partial charge in [0.25, 0.3) is 0 Å². The average molecular weight is 765 g/mol. The number of hydrogen-bond donors (Lipinski definition) is 2. The lowest BCUT2D eigenvalue weighted by atomic mass is 9.76. The van der Waals surface area contributed by atoms with Crippen LogP contribution >= 0.6 is 11.3 Å². The van der Waals surface area contributed by atoms with Crippen LogP contribution in [0.1, 0.15) is 35.2 Å². The molecule has 2 aliphatic carbocycles. The molecule has 5 nitrogen and oxygen atoms in total. The Morgan fingerprint density at radius 3 is 2.43 bits per heavy atom. The van der Waals surface area contributed by atoms with Crippen molar-refractivity contribution >= 4 is 104 Å². The highest BCUT2D eigenvalue weighted by atomic mass is 32.1. The smallest absolute Gasteiger partial charge is 0.158 e. The normalized spacial score (nSPS) is 16.6. The molecule has 2 N–H and O–H groups in total. The van der Waals surface area contributed by atoms with Crippen LogP contribution in [0.4, 0.5) is 0 Å². The van der Waals surface area contributed by atoms with Gasteiger partial charge in [-0.05, 0) is 76.3 Å². The lowest BCUT2D eigenvalue weighted by Gasteiger charge is -2.30. The largest absolute Gasteiger partial charge is 0.455 e. The van der Waals surface area contributed by atoms with Crippen LogP contribution in [0.5, 0.6) is 0 Å². The third-order valence-electron chi connectivity index (χ3n) is 12.4. The third kappa shape index (κ3) is 4.76. The highest BCUT2D eigenvalue weighted by molar-refractivity contribution is 7.25. The van der Waals surface area contributed by atoms with Crippen LogP contribution in [0.2, 0.25) is 0 Å². The molecular weight excluding hydrogens is 729 g/mol. The molecule has 2 atom stereocenters. The number of aromatic nitrogens is 1. The van der Waals surface area contributed by atoms with Crippen LogP contribution in [0.15, 0.2) is 167 Å². The fourth-order valence-electron chi connectivity index (χ4n) is 9.72. The number of furan rings is 1. The summed E-state index contributed by atoms with van der Waals surface area (Å²) in [5.74, 6) is 1.32. The van der Waals surface area contributed by atoms with E-state index in [-0.39, 0.29) is 11.8 Å². The van der Waals surface area contributed by atoms with E-state index < -0.39 is 0 Å². The van der Waals surface area contributed by atoms with Crippen LogP contribution in [0.3, 0.4) is 0 Å². The van der Waals surface area contributed by atoms with Gasteiger partial charge in [-0.15, -0.1) is 11.3 Å². The summed E-state index contributed by atoms with van der Waals surface area (Å²) in [4.78, 5) is 5.00. The molecule has 0 fully saturated rings. The van der Waals surface area contributed by atoms with Gasteiger partial charge >= 0.3 is 0 Å². The molecule has 6 heteroatoms. The molecule has 10 aromatic rings. The summed E-state index contributed by atoms with van der Waals surface area (Å²) in [5, 5.41) is 23.2. The number of nitrogens with zero attached hydrogens (tertiary/aromatic N) is 2. The van der Waals surface area contributed by atoms with Crippen molar-refractivity contribution < 1.29 is 4.42 Å². The lowest BCUT2D eigenvalue weighted by molar-refractivity contribution is 0.593. The second-order valence-electron chi connectivity index (χ2n) is 15.5. The van der Waals surface area contributed by atoms with Gasteiger partial charge in [0.15, 0.2) is 5.84 Å². The first-order valence-electron chi connectivity index (χ1n) is 19.8. The van der Waals surface area contributed by atoms with Crippen LogP contribution in [0, 0.1) is 11.3 Å². The fourth-order valence-corrected chi connectivity index (χ4v) is 10.8. The molecule has 2 aliphatic rings. The number of thiophene rings is 1. The average Bonchev–Trinajstić information content (AvgIpc) is 3.95. The standard InChI is InChI=1S/C52H36N4OS/c1-29-35-13-5-4-12-31(35)26-42-39-22-19-30-11-3-6-14-37(30)49(39)56(48(29)42)34-21-23-36-33(25-34)28-43(50-47(36)40-16-7-9-17-44(40)57-50)51(53)55-52(54-2)32-20-24-46-41(27-32)38-15-8-10-18-45(38)58-46/h3-29,35H,1-2H3,(H2,53,54,55). The van der Waals surface area contributed by atoms with Gasteiger partial charge in [0.05, 0.1) is 11.1 Å². The molecule has 0 saturated heterocycles. The number of nitrogens with one attached hydrogen (secondary N) is 2. The Labute approximate surface area is 338 Å². The molecule has 3 heterocycles. The van der Waals surface area contributed by atoms with E-state index in [0.717, 1.165) is 38.4 Å². The van der Waals surface area contributed by atoms with Crippen LogP contribution in [-0.4, -0.2) is 23.3 Å². The molecule has 0 radical (unpaired) electrons.